The Morgan fingerprint density at radius 3 is 2.47 bits per heavy atom. The van der Waals surface area contributed by atoms with Gasteiger partial charge in [-0.25, -0.2) is 0 Å². The van der Waals surface area contributed by atoms with E-state index < -0.39 is 0 Å². The summed E-state index contributed by atoms with van der Waals surface area (Å²) in [6.45, 7) is 12.0. The molecule has 5 nitrogen and oxygen atoms in total. The second-order valence-electron chi connectivity index (χ2n) is 5.84. The molecule has 0 bridgehead atoms. The third-order valence-electron chi connectivity index (χ3n) is 4.49. The van der Waals surface area contributed by atoms with Crippen LogP contribution in [-0.4, -0.2) is 86.2 Å². The van der Waals surface area contributed by atoms with Gasteiger partial charge >= 0.3 is 0 Å². The van der Waals surface area contributed by atoms with Gasteiger partial charge in [0.05, 0.1) is 6.61 Å². The molecule has 2 fully saturated rings. The van der Waals surface area contributed by atoms with E-state index in [9.17, 15) is 4.79 Å². The highest BCUT2D eigenvalue weighted by atomic mass is 16.5. The average molecular weight is 269 g/mol. The number of ether oxygens (including phenoxy) is 1. The largest absolute Gasteiger partial charge is 0.383 e. The quantitative estimate of drug-likeness (QED) is 0.726. The molecule has 19 heavy (non-hydrogen) atoms. The Morgan fingerprint density at radius 1 is 1.21 bits per heavy atom. The Hall–Kier alpha value is -0.650. The lowest BCUT2D eigenvalue weighted by Gasteiger charge is -2.39. The Labute approximate surface area is 116 Å². The number of amides is 1. The molecule has 0 spiro atoms. The van der Waals surface area contributed by atoms with Crippen molar-refractivity contribution in [1.29, 1.82) is 0 Å². The molecule has 2 saturated heterocycles. The fraction of sp³-hybridized carbons (Fsp3) is 0.929. The number of carbonyl (C=O) groups is 1. The van der Waals surface area contributed by atoms with Crippen LogP contribution in [0.25, 0.3) is 0 Å². The number of likely N-dealkylation sites (tertiary alicyclic amines) is 1. The number of carbonyl (C=O) groups excluding carboxylic acids is 1. The fourth-order valence-electron chi connectivity index (χ4n) is 3.29. The summed E-state index contributed by atoms with van der Waals surface area (Å²) in [5, 5.41) is 0. The summed E-state index contributed by atoms with van der Waals surface area (Å²) in [4.78, 5) is 18.4. The summed E-state index contributed by atoms with van der Waals surface area (Å²) < 4.78 is 5.16. The van der Waals surface area contributed by atoms with Gasteiger partial charge in [0.25, 0.3) is 0 Å². The molecule has 0 N–H and O–H groups in total. The van der Waals surface area contributed by atoms with Crippen LogP contribution in [0.1, 0.15) is 13.8 Å². The number of hydrogen-bond donors (Lipinski definition) is 0. The first-order chi connectivity index (χ1) is 9.11. The lowest BCUT2D eigenvalue weighted by molar-refractivity contribution is -0.130. The third-order valence-corrected chi connectivity index (χ3v) is 4.49. The van der Waals surface area contributed by atoms with Gasteiger partial charge in [-0.3, -0.25) is 14.6 Å². The zero-order valence-corrected chi connectivity index (χ0v) is 12.5. The first kappa shape index (κ1) is 14.8. The SMILES string of the molecule is COCCN1C[C@@H](C)[C@H](N2CCN(C(C)=O)CC2)C1. The molecular weight excluding hydrogens is 242 g/mol. The van der Waals surface area contributed by atoms with E-state index in [0.717, 1.165) is 45.9 Å². The molecule has 0 aromatic rings. The molecule has 0 radical (unpaired) electrons. The Kier molecular flexibility index (Phi) is 5.19. The lowest BCUT2D eigenvalue weighted by Crippen LogP contribution is -2.53. The van der Waals surface area contributed by atoms with Gasteiger partial charge in [0.15, 0.2) is 0 Å². The summed E-state index contributed by atoms with van der Waals surface area (Å²) in [5.74, 6) is 0.918. The van der Waals surface area contributed by atoms with Crippen molar-refractivity contribution in [3.8, 4) is 0 Å². The van der Waals surface area contributed by atoms with E-state index in [2.05, 4.69) is 16.7 Å². The van der Waals surface area contributed by atoms with Gasteiger partial charge in [-0.05, 0) is 5.92 Å². The zero-order chi connectivity index (χ0) is 13.8. The molecule has 0 aromatic carbocycles. The molecule has 5 heteroatoms. The first-order valence-corrected chi connectivity index (χ1v) is 7.32. The van der Waals surface area contributed by atoms with Crippen LogP contribution in [0.5, 0.6) is 0 Å². The molecule has 110 valence electrons. The molecule has 2 aliphatic rings. The number of nitrogens with zero attached hydrogens (tertiary/aromatic N) is 3. The average Bonchev–Trinajstić information content (AvgIpc) is 2.77. The van der Waals surface area contributed by atoms with Gasteiger partial charge in [-0.2, -0.15) is 0 Å². The monoisotopic (exact) mass is 269 g/mol. The Balaban J connectivity index is 1.81. The van der Waals surface area contributed by atoms with Crippen molar-refractivity contribution in [2.75, 3.05) is 59.5 Å². The van der Waals surface area contributed by atoms with Crippen LogP contribution in [-0.2, 0) is 9.53 Å². The van der Waals surface area contributed by atoms with Crippen LogP contribution < -0.4 is 0 Å². The van der Waals surface area contributed by atoms with E-state index in [-0.39, 0.29) is 5.91 Å². The van der Waals surface area contributed by atoms with Crippen molar-refractivity contribution in [2.45, 2.75) is 19.9 Å². The molecule has 2 rings (SSSR count). The van der Waals surface area contributed by atoms with Gasteiger partial charge in [-0.15, -0.1) is 0 Å². The molecule has 2 aliphatic heterocycles. The van der Waals surface area contributed by atoms with E-state index in [1.54, 1.807) is 14.0 Å². The van der Waals surface area contributed by atoms with Crippen LogP contribution in [0.15, 0.2) is 0 Å². The van der Waals surface area contributed by atoms with Crippen molar-refractivity contribution in [2.24, 2.45) is 5.92 Å². The normalized spacial score (nSPS) is 29.9. The minimum absolute atomic E-state index is 0.209. The number of piperazine rings is 1. The molecule has 2 atom stereocenters. The fourth-order valence-corrected chi connectivity index (χ4v) is 3.29. The maximum atomic E-state index is 11.3. The zero-order valence-electron chi connectivity index (χ0n) is 12.5. The Bertz CT molecular complexity index is 303. The van der Waals surface area contributed by atoms with E-state index >= 15 is 0 Å². The van der Waals surface area contributed by atoms with Crippen molar-refractivity contribution in [3.63, 3.8) is 0 Å². The number of hydrogen-bond acceptors (Lipinski definition) is 4. The summed E-state index contributed by atoms with van der Waals surface area (Å²) in [6, 6.07) is 0.644. The standard InChI is InChI=1S/C14H27N3O2/c1-12-10-15(8-9-19-3)11-14(12)17-6-4-16(5-7-17)13(2)18/h12,14H,4-11H2,1-3H3/t12-,14-/m1/s1. The summed E-state index contributed by atoms with van der Waals surface area (Å²) in [5.41, 5.74) is 0. The van der Waals surface area contributed by atoms with Gasteiger partial charge in [0.1, 0.15) is 0 Å². The van der Waals surface area contributed by atoms with Crippen molar-refractivity contribution in [3.05, 3.63) is 0 Å². The van der Waals surface area contributed by atoms with Gasteiger partial charge in [0.2, 0.25) is 5.91 Å². The Morgan fingerprint density at radius 2 is 1.89 bits per heavy atom. The van der Waals surface area contributed by atoms with Crippen LogP contribution in [0.3, 0.4) is 0 Å². The molecule has 1 amide bonds. The smallest absolute Gasteiger partial charge is 0.219 e. The maximum absolute atomic E-state index is 11.3. The summed E-state index contributed by atoms with van der Waals surface area (Å²) >= 11 is 0. The van der Waals surface area contributed by atoms with Crippen LogP contribution in [0, 0.1) is 5.92 Å². The van der Waals surface area contributed by atoms with E-state index in [1.807, 2.05) is 4.90 Å². The van der Waals surface area contributed by atoms with Crippen LogP contribution in [0.4, 0.5) is 0 Å². The lowest BCUT2D eigenvalue weighted by atomic mass is 10.0. The highest BCUT2D eigenvalue weighted by molar-refractivity contribution is 5.73. The molecule has 0 aromatic heterocycles. The van der Waals surface area contributed by atoms with Crippen molar-refractivity contribution >= 4 is 5.91 Å². The molecule has 0 unspecified atom stereocenters. The number of methoxy groups -OCH3 is 1. The highest BCUT2D eigenvalue weighted by Crippen LogP contribution is 2.22. The third kappa shape index (κ3) is 3.68. The van der Waals surface area contributed by atoms with E-state index in [0.29, 0.717) is 12.0 Å². The predicted molar refractivity (Wildman–Crippen MR) is 75.1 cm³/mol. The van der Waals surface area contributed by atoms with E-state index in [1.165, 1.54) is 6.54 Å². The molecule has 0 aliphatic carbocycles. The van der Waals surface area contributed by atoms with Gasteiger partial charge in [0, 0.05) is 65.9 Å². The summed E-state index contributed by atoms with van der Waals surface area (Å²) in [7, 11) is 1.76. The second-order valence-corrected chi connectivity index (χ2v) is 5.84. The second kappa shape index (κ2) is 6.68. The minimum atomic E-state index is 0.209. The van der Waals surface area contributed by atoms with Gasteiger partial charge in [-0.1, -0.05) is 6.92 Å². The topological polar surface area (TPSA) is 36.0 Å². The number of rotatable bonds is 4. The highest BCUT2D eigenvalue weighted by Gasteiger charge is 2.35. The van der Waals surface area contributed by atoms with Gasteiger partial charge < -0.3 is 9.64 Å². The molecule has 2 heterocycles. The minimum Gasteiger partial charge on any atom is -0.383 e. The van der Waals surface area contributed by atoms with E-state index in [4.69, 9.17) is 4.74 Å². The molecular formula is C14H27N3O2. The van der Waals surface area contributed by atoms with Crippen molar-refractivity contribution in [1.82, 2.24) is 14.7 Å². The molecule has 0 saturated carbocycles. The summed E-state index contributed by atoms with van der Waals surface area (Å²) in [6.07, 6.45) is 0. The van der Waals surface area contributed by atoms with Crippen LogP contribution in [0.2, 0.25) is 0 Å². The first-order valence-electron chi connectivity index (χ1n) is 7.32. The van der Waals surface area contributed by atoms with Crippen LogP contribution >= 0.6 is 0 Å². The van der Waals surface area contributed by atoms with Crippen molar-refractivity contribution < 1.29 is 9.53 Å². The maximum Gasteiger partial charge on any atom is 0.219 e. The predicted octanol–water partition coefficient (Wildman–Crippen LogP) is 0.117.